The van der Waals surface area contributed by atoms with Crippen LogP contribution in [0.4, 0.5) is 0 Å². The van der Waals surface area contributed by atoms with E-state index in [9.17, 15) is 0 Å². The highest BCUT2D eigenvalue weighted by Gasteiger charge is 2.22. The van der Waals surface area contributed by atoms with Crippen LogP contribution in [0.3, 0.4) is 0 Å². The molecule has 0 fully saturated rings. The van der Waals surface area contributed by atoms with Crippen molar-refractivity contribution in [2.75, 3.05) is 0 Å². The van der Waals surface area contributed by atoms with Gasteiger partial charge in [0.05, 0.1) is 16.3 Å². The molecule has 3 heteroatoms. The average molecular weight is 345 g/mol. The number of aromatic nitrogens is 2. The quantitative estimate of drug-likeness (QED) is 0.449. The molecule has 0 saturated carbocycles. The standard InChI is InChI=1S/C22H16N2.ClH/c1-24-19-14-8-6-12-17(19)20(15-9-3-2-4-10-15)21-22(24)16-11-5-7-13-18(16)23-21;/h2-14H,1H3;1H. The van der Waals surface area contributed by atoms with Crippen molar-refractivity contribution in [1.82, 2.24) is 4.98 Å². The molecule has 0 aliphatic carbocycles. The molecule has 0 amide bonds. The number of aromatic amines is 1. The van der Waals surface area contributed by atoms with Crippen LogP contribution in [0.1, 0.15) is 0 Å². The van der Waals surface area contributed by atoms with Crippen molar-refractivity contribution in [3.8, 4) is 11.1 Å². The predicted octanol–water partition coefficient (Wildman–Crippen LogP) is 1.97. The van der Waals surface area contributed by atoms with Gasteiger partial charge >= 0.3 is 0 Å². The largest absolute Gasteiger partial charge is 1.00 e. The number of H-pyrrole nitrogens is 1. The fourth-order valence-corrected chi connectivity index (χ4v) is 3.79. The van der Waals surface area contributed by atoms with E-state index in [1.165, 1.54) is 44.0 Å². The van der Waals surface area contributed by atoms with Crippen molar-refractivity contribution in [2.45, 2.75) is 0 Å². The predicted molar refractivity (Wildman–Crippen MR) is 99.9 cm³/mol. The first-order valence-electron chi connectivity index (χ1n) is 8.21. The van der Waals surface area contributed by atoms with Gasteiger partial charge in [-0.05, 0) is 23.8 Å². The Labute approximate surface area is 152 Å². The lowest BCUT2D eigenvalue weighted by molar-refractivity contribution is -0.616. The van der Waals surface area contributed by atoms with E-state index in [0.717, 1.165) is 0 Å². The summed E-state index contributed by atoms with van der Waals surface area (Å²) in [6, 6.07) is 27.8. The molecule has 0 radical (unpaired) electrons. The van der Waals surface area contributed by atoms with Gasteiger partial charge in [-0.25, -0.2) is 0 Å². The van der Waals surface area contributed by atoms with Gasteiger partial charge in [-0.1, -0.05) is 54.6 Å². The van der Waals surface area contributed by atoms with Crippen molar-refractivity contribution < 1.29 is 17.0 Å². The summed E-state index contributed by atoms with van der Waals surface area (Å²) < 4.78 is 2.30. The molecular weight excluding hydrogens is 328 g/mol. The Morgan fingerprint density at radius 2 is 1.36 bits per heavy atom. The molecule has 0 aliphatic rings. The topological polar surface area (TPSA) is 19.7 Å². The molecule has 122 valence electrons. The second kappa shape index (κ2) is 5.91. The minimum Gasteiger partial charge on any atom is -1.00 e. The SMILES string of the molecule is C[n+]1c2ccccc2c(-c2ccccc2)c2[nH]c3ccccc3c21.[Cl-]. The molecule has 0 spiro atoms. The molecule has 3 aromatic carbocycles. The molecular formula is C22H17ClN2. The monoisotopic (exact) mass is 344 g/mol. The number of rotatable bonds is 1. The third kappa shape index (κ3) is 2.22. The van der Waals surface area contributed by atoms with Crippen LogP contribution < -0.4 is 17.0 Å². The van der Waals surface area contributed by atoms with Gasteiger partial charge < -0.3 is 17.4 Å². The van der Waals surface area contributed by atoms with Crippen LogP contribution in [0, 0.1) is 0 Å². The maximum Gasteiger partial charge on any atom is 0.239 e. The van der Waals surface area contributed by atoms with Crippen LogP contribution in [-0.2, 0) is 7.05 Å². The van der Waals surface area contributed by atoms with Crippen molar-refractivity contribution in [3.05, 3.63) is 78.9 Å². The van der Waals surface area contributed by atoms with E-state index in [2.05, 4.69) is 95.5 Å². The zero-order chi connectivity index (χ0) is 16.1. The second-order valence-electron chi connectivity index (χ2n) is 6.21. The molecule has 1 N–H and O–H groups in total. The maximum absolute atomic E-state index is 3.66. The lowest BCUT2D eigenvalue weighted by Gasteiger charge is -2.08. The molecule has 2 heterocycles. The highest BCUT2D eigenvalue weighted by atomic mass is 35.5. The maximum atomic E-state index is 3.66. The number of nitrogens with zero attached hydrogens (tertiary/aromatic N) is 1. The van der Waals surface area contributed by atoms with Crippen molar-refractivity contribution >= 4 is 32.8 Å². The normalized spacial score (nSPS) is 11.1. The van der Waals surface area contributed by atoms with Gasteiger partial charge in [-0.3, -0.25) is 0 Å². The molecule has 0 aliphatic heterocycles. The van der Waals surface area contributed by atoms with Crippen LogP contribution in [0.25, 0.3) is 44.0 Å². The highest BCUT2D eigenvalue weighted by molar-refractivity contribution is 6.14. The number of hydrogen-bond donors (Lipinski definition) is 1. The molecule has 5 aromatic rings. The van der Waals surface area contributed by atoms with Gasteiger partial charge in [0.15, 0.2) is 0 Å². The van der Waals surface area contributed by atoms with E-state index >= 15 is 0 Å². The van der Waals surface area contributed by atoms with Gasteiger partial charge in [-0.15, -0.1) is 0 Å². The second-order valence-corrected chi connectivity index (χ2v) is 6.21. The van der Waals surface area contributed by atoms with E-state index in [1.807, 2.05) is 0 Å². The van der Waals surface area contributed by atoms with Crippen LogP contribution in [0.15, 0.2) is 78.9 Å². The fraction of sp³-hybridized carbons (Fsp3) is 0.0455. The molecule has 2 nitrogen and oxygen atoms in total. The Kier molecular flexibility index (Phi) is 3.70. The van der Waals surface area contributed by atoms with Gasteiger partial charge in [-0.2, -0.15) is 4.57 Å². The molecule has 0 unspecified atom stereocenters. The van der Waals surface area contributed by atoms with Crippen molar-refractivity contribution in [2.24, 2.45) is 7.05 Å². The first-order valence-corrected chi connectivity index (χ1v) is 8.21. The lowest BCUT2D eigenvalue weighted by Crippen LogP contribution is -3.00. The summed E-state index contributed by atoms with van der Waals surface area (Å²) in [7, 11) is 2.15. The van der Waals surface area contributed by atoms with E-state index in [0.29, 0.717) is 0 Å². The minimum absolute atomic E-state index is 0. The van der Waals surface area contributed by atoms with Crippen LogP contribution in [-0.4, -0.2) is 4.98 Å². The highest BCUT2D eigenvalue weighted by Crippen LogP contribution is 2.36. The minimum atomic E-state index is 0. The number of para-hydroxylation sites is 2. The number of benzene rings is 3. The summed E-state index contributed by atoms with van der Waals surface area (Å²) in [5.41, 5.74) is 7.39. The summed E-state index contributed by atoms with van der Waals surface area (Å²) in [5, 5.41) is 2.53. The summed E-state index contributed by atoms with van der Waals surface area (Å²) >= 11 is 0. The Morgan fingerprint density at radius 1 is 0.720 bits per heavy atom. The Hall–Kier alpha value is -2.84. The van der Waals surface area contributed by atoms with Crippen molar-refractivity contribution in [1.29, 1.82) is 0 Å². The molecule has 0 bridgehead atoms. The Bertz CT molecular complexity index is 1210. The van der Waals surface area contributed by atoms with Gasteiger partial charge in [0, 0.05) is 11.6 Å². The molecule has 25 heavy (non-hydrogen) atoms. The van der Waals surface area contributed by atoms with E-state index in [4.69, 9.17) is 0 Å². The zero-order valence-electron chi connectivity index (χ0n) is 13.8. The van der Waals surface area contributed by atoms with E-state index in [1.54, 1.807) is 0 Å². The summed E-state index contributed by atoms with van der Waals surface area (Å²) in [6.45, 7) is 0. The first-order chi connectivity index (χ1) is 11.8. The van der Waals surface area contributed by atoms with E-state index < -0.39 is 0 Å². The molecule has 2 aromatic heterocycles. The van der Waals surface area contributed by atoms with Gasteiger partial charge in [0.2, 0.25) is 11.0 Å². The van der Waals surface area contributed by atoms with Gasteiger partial charge in [0.1, 0.15) is 12.6 Å². The summed E-state index contributed by atoms with van der Waals surface area (Å²) in [4.78, 5) is 3.66. The molecule has 5 rings (SSSR count). The number of fused-ring (bicyclic) bond motifs is 4. The zero-order valence-corrected chi connectivity index (χ0v) is 14.6. The number of aryl methyl sites for hydroxylation is 1. The third-order valence-corrected chi connectivity index (χ3v) is 4.86. The van der Waals surface area contributed by atoms with Crippen LogP contribution in [0.5, 0.6) is 0 Å². The first kappa shape index (κ1) is 15.7. The summed E-state index contributed by atoms with van der Waals surface area (Å²) in [6.07, 6.45) is 0. The number of halogens is 1. The van der Waals surface area contributed by atoms with Crippen molar-refractivity contribution in [3.63, 3.8) is 0 Å². The Morgan fingerprint density at radius 3 is 2.16 bits per heavy atom. The summed E-state index contributed by atoms with van der Waals surface area (Å²) in [5.74, 6) is 0. The van der Waals surface area contributed by atoms with E-state index in [-0.39, 0.29) is 12.4 Å². The third-order valence-electron chi connectivity index (χ3n) is 4.86. The number of pyridine rings is 1. The number of nitrogens with one attached hydrogen (secondary N) is 1. The average Bonchev–Trinajstić information content (AvgIpc) is 3.02. The van der Waals surface area contributed by atoms with Crippen LogP contribution in [0.2, 0.25) is 0 Å². The van der Waals surface area contributed by atoms with Gasteiger partial charge in [0.25, 0.3) is 0 Å². The molecule has 0 saturated heterocycles. The number of hydrogen-bond acceptors (Lipinski definition) is 0. The molecule has 0 atom stereocenters. The fourth-order valence-electron chi connectivity index (χ4n) is 3.79. The smallest absolute Gasteiger partial charge is 0.239 e. The van der Waals surface area contributed by atoms with Crippen LogP contribution >= 0.6 is 0 Å². The lowest BCUT2D eigenvalue weighted by atomic mass is 9.99. The Balaban J connectivity index is 0.00000157.